The Morgan fingerprint density at radius 2 is 2.12 bits per heavy atom. The molecule has 1 aliphatic heterocycles. The lowest BCUT2D eigenvalue weighted by Crippen LogP contribution is -2.59. The number of hydrogen-bond acceptors (Lipinski definition) is 3. The van der Waals surface area contributed by atoms with Gasteiger partial charge in [0.2, 0.25) is 11.8 Å². The largest absolute Gasteiger partial charge is 0.358 e. The highest BCUT2D eigenvalue weighted by molar-refractivity contribution is 6.31. The van der Waals surface area contributed by atoms with Crippen LogP contribution in [-0.2, 0) is 16.0 Å². The van der Waals surface area contributed by atoms with Crippen LogP contribution in [0.25, 0.3) is 10.9 Å². The highest BCUT2D eigenvalue weighted by Crippen LogP contribution is 2.26. The summed E-state index contributed by atoms with van der Waals surface area (Å²) in [5.41, 5.74) is 2.86. The lowest BCUT2D eigenvalue weighted by Gasteiger charge is -2.39. The zero-order chi connectivity index (χ0) is 18.1. The van der Waals surface area contributed by atoms with E-state index in [0.717, 1.165) is 28.7 Å². The fourth-order valence-electron chi connectivity index (χ4n) is 3.44. The van der Waals surface area contributed by atoms with Gasteiger partial charge >= 0.3 is 0 Å². The van der Waals surface area contributed by atoms with Crippen molar-refractivity contribution in [2.75, 3.05) is 33.7 Å². The second-order valence-electron chi connectivity index (χ2n) is 6.57. The Kier molecular flexibility index (Phi) is 5.01. The third-order valence-corrected chi connectivity index (χ3v) is 5.10. The number of aromatic amines is 1. The maximum absolute atomic E-state index is 13.0. The molecule has 2 N–H and O–H groups in total. The molecule has 2 aromatic rings. The molecule has 0 saturated carbocycles. The summed E-state index contributed by atoms with van der Waals surface area (Å²) >= 11 is 6.12. The molecule has 2 amide bonds. The predicted octanol–water partition coefficient (Wildman–Crippen LogP) is 1.56. The second kappa shape index (κ2) is 7.06. The summed E-state index contributed by atoms with van der Waals surface area (Å²) in [7, 11) is 3.56. The molecule has 6 nitrogen and oxygen atoms in total. The normalized spacial score (nSPS) is 18.6. The maximum Gasteiger partial charge on any atom is 0.243 e. The number of carbonyl (C=O) groups is 2. The SMILES string of the molecule is CNC(=O)C1CN(C)CCN1C(=O)Cc1c(C)[nH]c2ccc(Cl)cc12. The summed E-state index contributed by atoms with van der Waals surface area (Å²) in [5, 5.41) is 4.27. The van der Waals surface area contributed by atoms with Gasteiger partial charge in [0.25, 0.3) is 0 Å². The van der Waals surface area contributed by atoms with E-state index in [9.17, 15) is 9.59 Å². The Bertz CT molecular complexity index is 817. The Hall–Kier alpha value is -2.05. The van der Waals surface area contributed by atoms with Gasteiger partial charge in [-0.2, -0.15) is 0 Å². The number of benzene rings is 1. The minimum Gasteiger partial charge on any atom is -0.358 e. The number of piperazine rings is 1. The van der Waals surface area contributed by atoms with Crippen molar-refractivity contribution in [3.05, 3.63) is 34.5 Å². The van der Waals surface area contributed by atoms with Crippen molar-refractivity contribution in [2.45, 2.75) is 19.4 Å². The summed E-state index contributed by atoms with van der Waals surface area (Å²) in [6.45, 7) is 3.81. The van der Waals surface area contributed by atoms with Crippen molar-refractivity contribution >= 4 is 34.3 Å². The molecule has 3 rings (SSSR count). The van der Waals surface area contributed by atoms with Gasteiger partial charge in [-0.1, -0.05) is 11.6 Å². The fraction of sp³-hybridized carbons (Fsp3) is 0.444. The number of halogens is 1. The average molecular weight is 363 g/mol. The van der Waals surface area contributed by atoms with E-state index < -0.39 is 6.04 Å². The third kappa shape index (κ3) is 3.50. The lowest BCUT2D eigenvalue weighted by atomic mass is 10.0. The van der Waals surface area contributed by atoms with E-state index in [0.29, 0.717) is 18.1 Å². The van der Waals surface area contributed by atoms with Gasteiger partial charge in [-0.15, -0.1) is 0 Å². The van der Waals surface area contributed by atoms with E-state index in [1.54, 1.807) is 11.9 Å². The number of likely N-dealkylation sites (N-methyl/N-ethyl adjacent to an activating group) is 2. The van der Waals surface area contributed by atoms with E-state index in [-0.39, 0.29) is 18.2 Å². The van der Waals surface area contributed by atoms with Gasteiger partial charge in [0.05, 0.1) is 6.42 Å². The number of fused-ring (bicyclic) bond motifs is 1. The van der Waals surface area contributed by atoms with Crippen LogP contribution >= 0.6 is 11.6 Å². The summed E-state index contributed by atoms with van der Waals surface area (Å²) in [6, 6.07) is 5.17. The van der Waals surface area contributed by atoms with Gasteiger partial charge in [-0.3, -0.25) is 9.59 Å². The van der Waals surface area contributed by atoms with Crippen molar-refractivity contribution in [3.8, 4) is 0 Å². The van der Waals surface area contributed by atoms with Gasteiger partial charge < -0.3 is 20.1 Å². The Balaban J connectivity index is 1.87. The van der Waals surface area contributed by atoms with Crippen LogP contribution in [0.3, 0.4) is 0 Å². The molecule has 1 fully saturated rings. The zero-order valence-electron chi connectivity index (χ0n) is 14.7. The van der Waals surface area contributed by atoms with Crippen LogP contribution in [0.15, 0.2) is 18.2 Å². The molecule has 1 aliphatic rings. The van der Waals surface area contributed by atoms with E-state index in [4.69, 9.17) is 11.6 Å². The molecule has 7 heteroatoms. The Labute approximate surface area is 152 Å². The first-order chi connectivity index (χ1) is 11.9. The Morgan fingerprint density at radius 1 is 1.36 bits per heavy atom. The van der Waals surface area contributed by atoms with Gasteiger partial charge in [0, 0.05) is 48.3 Å². The highest BCUT2D eigenvalue weighted by Gasteiger charge is 2.34. The predicted molar refractivity (Wildman–Crippen MR) is 98.8 cm³/mol. The highest BCUT2D eigenvalue weighted by atomic mass is 35.5. The molecule has 0 radical (unpaired) electrons. The van der Waals surface area contributed by atoms with Gasteiger partial charge in [-0.05, 0) is 37.7 Å². The van der Waals surface area contributed by atoms with E-state index in [2.05, 4.69) is 15.2 Å². The number of nitrogens with zero attached hydrogens (tertiary/aromatic N) is 2. The quantitative estimate of drug-likeness (QED) is 0.870. The number of nitrogens with one attached hydrogen (secondary N) is 2. The topological polar surface area (TPSA) is 68.4 Å². The maximum atomic E-state index is 13.0. The number of aromatic nitrogens is 1. The number of amides is 2. The molecule has 1 aromatic heterocycles. The number of carbonyl (C=O) groups excluding carboxylic acids is 2. The number of hydrogen-bond donors (Lipinski definition) is 2. The molecule has 1 saturated heterocycles. The minimum atomic E-state index is -0.453. The number of aryl methyl sites for hydroxylation is 1. The van der Waals surface area contributed by atoms with Crippen LogP contribution in [0, 0.1) is 6.92 Å². The molecule has 1 unspecified atom stereocenters. The molecule has 0 spiro atoms. The minimum absolute atomic E-state index is 0.0364. The lowest BCUT2D eigenvalue weighted by molar-refractivity contribution is -0.142. The van der Waals surface area contributed by atoms with Crippen molar-refractivity contribution in [1.82, 2.24) is 20.1 Å². The first-order valence-electron chi connectivity index (χ1n) is 8.37. The van der Waals surface area contributed by atoms with Crippen LogP contribution in [0.5, 0.6) is 0 Å². The van der Waals surface area contributed by atoms with Crippen LogP contribution in [-0.4, -0.2) is 66.4 Å². The first-order valence-corrected chi connectivity index (χ1v) is 8.74. The van der Waals surface area contributed by atoms with E-state index >= 15 is 0 Å². The average Bonchev–Trinajstić information content (AvgIpc) is 2.89. The van der Waals surface area contributed by atoms with Gasteiger partial charge in [-0.25, -0.2) is 0 Å². The van der Waals surface area contributed by atoms with Crippen LogP contribution in [0.1, 0.15) is 11.3 Å². The molecular formula is C18H23ClN4O2. The van der Waals surface area contributed by atoms with Gasteiger partial charge in [0.15, 0.2) is 0 Å². The monoisotopic (exact) mass is 362 g/mol. The molecule has 134 valence electrons. The molecule has 1 aromatic carbocycles. The fourth-order valence-corrected chi connectivity index (χ4v) is 3.62. The van der Waals surface area contributed by atoms with Crippen LogP contribution < -0.4 is 5.32 Å². The van der Waals surface area contributed by atoms with Crippen LogP contribution in [0.4, 0.5) is 0 Å². The number of rotatable bonds is 3. The van der Waals surface area contributed by atoms with Gasteiger partial charge in [0.1, 0.15) is 6.04 Å². The van der Waals surface area contributed by atoms with Crippen LogP contribution in [0.2, 0.25) is 5.02 Å². The molecule has 0 bridgehead atoms. The molecule has 1 atom stereocenters. The summed E-state index contributed by atoms with van der Waals surface area (Å²) < 4.78 is 0. The molecule has 0 aliphatic carbocycles. The van der Waals surface area contributed by atoms with Crippen molar-refractivity contribution in [3.63, 3.8) is 0 Å². The van der Waals surface area contributed by atoms with Crippen molar-refractivity contribution < 1.29 is 9.59 Å². The van der Waals surface area contributed by atoms with Crippen molar-refractivity contribution in [1.29, 1.82) is 0 Å². The standard InChI is InChI=1S/C18H23ClN4O2/c1-11-13(14-8-12(19)4-5-15(14)21-11)9-17(24)23-7-6-22(3)10-16(23)18(25)20-2/h4-5,8,16,21H,6-7,9-10H2,1-3H3,(H,20,25). The molecular weight excluding hydrogens is 340 g/mol. The van der Waals surface area contributed by atoms with Crippen molar-refractivity contribution in [2.24, 2.45) is 0 Å². The smallest absolute Gasteiger partial charge is 0.243 e. The van der Waals surface area contributed by atoms with E-state index in [1.807, 2.05) is 32.2 Å². The molecule has 2 heterocycles. The van der Waals surface area contributed by atoms with E-state index in [1.165, 1.54) is 0 Å². The summed E-state index contributed by atoms with van der Waals surface area (Å²) in [4.78, 5) is 32.2. The summed E-state index contributed by atoms with van der Waals surface area (Å²) in [5.74, 6) is -0.163. The zero-order valence-corrected chi connectivity index (χ0v) is 15.5. The Morgan fingerprint density at radius 3 is 2.84 bits per heavy atom. The third-order valence-electron chi connectivity index (χ3n) is 4.86. The first kappa shape index (κ1) is 17.8. The molecule has 25 heavy (non-hydrogen) atoms. The second-order valence-corrected chi connectivity index (χ2v) is 7.01. The number of H-pyrrole nitrogens is 1. The summed E-state index contributed by atoms with van der Waals surface area (Å²) in [6.07, 6.45) is 0.253.